The average Bonchev–Trinajstić information content (AvgIpc) is 2.36. The van der Waals surface area contributed by atoms with Crippen LogP contribution >= 0.6 is 0 Å². The molecule has 0 saturated heterocycles. The number of nitrogens with zero attached hydrogens (tertiary/aromatic N) is 2. The predicted octanol–water partition coefficient (Wildman–Crippen LogP) is 1.71. The molecule has 0 unspecified atom stereocenters. The largest absolute Gasteiger partial charge is 0.283 e. The van der Waals surface area contributed by atoms with E-state index in [0.29, 0.717) is 0 Å². The number of hydrogen-bond donors (Lipinski definition) is 1. The van der Waals surface area contributed by atoms with Crippen LogP contribution in [-0.4, -0.2) is 4.57 Å². The number of aryl methyl sites for hydroxylation is 1. The normalized spacial score (nSPS) is 10.0. The van der Waals surface area contributed by atoms with E-state index in [1.54, 1.807) is 6.07 Å². The van der Waals surface area contributed by atoms with Crippen LogP contribution < -0.4 is 5.49 Å². The molecule has 68 valence electrons. The SMILES string of the molecule is Cc1ccc2cc(=N)n(C#N)c-2cc1. The van der Waals surface area contributed by atoms with E-state index in [1.807, 2.05) is 37.4 Å². The Balaban J connectivity index is 2.86. The van der Waals surface area contributed by atoms with E-state index in [-0.39, 0.29) is 5.49 Å². The highest BCUT2D eigenvalue weighted by atomic mass is 15.0. The monoisotopic (exact) mass is 183 g/mol. The summed E-state index contributed by atoms with van der Waals surface area (Å²) in [4.78, 5) is 0. The molecule has 1 aliphatic carbocycles. The summed E-state index contributed by atoms with van der Waals surface area (Å²) in [6.07, 6.45) is 1.98. The van der Waals surface area contributed by atoms with Crippen molar-refractivity contribution in [2.45, 2.75) is 6.92 Å². The molecule has 2 rings (SSSR count). The third-order valence-corrected chi connectivity index (χ3v) is 2.20. The number of rotatable bonds is 0. The summed E-state index contributed by atoms with van der Waals surface area (Å²) < 4.78 is 1.31. The van der Waals surface area contributed by atoms with Gasteiger partial charge in [0.25, 0.3) is 0 Å². The summed E-state index contributed by atoms with van der Waals surface area (Å²) in [5.41, 5.74) is 3.07. The van der Waals surface area contributed by atoms with Gasteiger partial charge in [0.15, 0.2) is 6.19 Å². The summed E-state index contributed by atoms with van der Waals surface area (Å²) in [5, 5.41) is 16.4. The van der Waals surface area contributed by atoms with Gasteiger partial charge < -0.3 is 0 Å². The van der Waals surface area contributed by atoms with Crippen molar-refractivity contribution in [2.24, 2.45) is 0 Å². The minimum absolute atomic E-state index is 0.228. The van der Waals surface area contributed by atoms with Gasteiger partial charge in [-0.3, -0.25) is 5.41 Å². The lowest BCUT2D eigenvalue weighted by Gasteiger charge is -1.92. The van der Waals surface area contributed by atoms with Gasteiger partial charge >= 0.3 is 0 Å². The van der Waals surface area contributed by atoms with Crippen molar-refractivity contribution in [2.75, 3.05) is 0 Å². The molecule has 1 heterocycles. The lowest BCUT2D eigenvalue weighted by molar-refractivity contribution is 0.985. The summed E-state index contributed by atoms with van der Waals surface area (Å²) in [6.45, 7) is 2.00. The Bertz CT molecular complexity index is 546. The van der Waals surface area contributed by atoms with Crippen molar-refractivity contribution in [1.82, 2.24) is 4.57 Å². The maximum atomic E-state index is 8.85. The lowest BCUT2D eigenvalue weighted by Crippen LogP contribution is -2.08. The van der Waals surface area contributed by atoms with E-state index in [0.717, 1.165) is 16.8 Å². The van der Waals surface area contributed by atoms with Gasteiger partial charge in [-0.15, -0.1) is 0 Å². The number of aromatic nitrogens is 1. The highest BCUT2D eigenvalue weighted by molar-refractivity contribution is 5.62. The summed E-state index contributed by atoms with van der Waals surface area (Å²) in [7, 11) is 0. The Morgan fingerprint density at radius 1 is 1.29 bits per heavy atom. The van der Waals surface area contributed by atoms with Crippen molar-refractivity contribution in [3.63, 3.8) is 0 Å². The van der Waals surface area contributed by atoms with Crippen molar-refractivity contribution in [3.05, 3.63) is 41.4 Å². The zero-order valence-electron chi connectivity index (χ0n) is 7.78. The summed E-state index contributed by atoms with van der Waals surface area (Å²) in [6, 6.07) is 9.40. The molecule has 3 nitrogen and oxygen atoms in total. The van der Waals surface area contributed by atoms with Gasteiger partial charge in [0.1, 0.15) is 5.49 Å². The molecule has 0 radical (unpaired) electrons. The molecule has 0 saturated carbocycles. The van der Waals surface area contributed by atoms with Crippen LogP contribution in [0.25, 0.3) is 11.3 Å². The van der Waals surface area contributed by atoms with Crippen LogP contribution in [0.4, 0.5) is 0 Å². The molecule has 14 heavy (non-hydrogen) atoms. The Morgan fingerprint density at radius 2 is 2.00 bits per heavy atom. The van der Waals surface area contributed by atoms with Crippen LogP contribution in [0.1, 0.15) is 5.56 Å². The van der Waals surface area contributed by atoms with Gasteiger partial charge in [-0.25, -0.2) is 4.57 Å². The van der Waals surface area contributed by atoms with Gasteiger partial charge in [-0.1, -0.05) is 23.8 Å². The molecule has 1 N–H and O–H groups in total. The third kappa shape index (κ3) is 1.17. The molecule has 0 aromatic carbocycles. The first-order valence-corrected chi connectivity index (χ1v) is 4.29. The van der Waals surface area contributed by atoms with E-state index in [9.17, 15) is 0 Å². The quantitative estimate of drug-likeness (QED) is 0.664. The molecule has 0 atom stereocenters. The smallest absolute Gasteiger partial charge is 0.190 e. The van der Waals surface area contributed by atoms with Crippen LogP contribution in [-0.2, 0) is 0 Å². The molecule has 0 aromatic heterocycles. The van der Waals surface area contributed by atoms with Gasteiger partial charge in [0.05, 0.1) is 5.69 Å². The topological polar surface area (TPSA) is 52.6 Å². The van der Waals surface area contributed by atoms with Crippen molar-refractivity contribution < 1.29 is 0 Å². The zero-order valence-corrected chi connectivity index (χ0v) is 7.78. The Labute approximate surface area is 81.7 Å². The van der Waals surface area contributed by atoms with Crippen molar-refractivity contribution in [3.8, 4) is 17.5 Å². The van der Waals surface area contributed by atoms with Crippen LogP contribution in [0.3, 0.4) is 0 Å². The minimum atomic E-state index is 0.228. The molecule has 0 aromatic rings. The maximum absolute atomic E-state index is 8.85. The second kappa shape index (κ2) is 3.00. The molecule has 3 heteroatoms. The van der Waals surface area contributed by atoms with Gasteiger partial charge in [-0.05, 0) is 19.1 Å². The number of fused-ring (bicyclic) bond motifs is 1. The minimum Gasteiger partial charge on any atom is -0.283 e. The van der Waals surface area contributed by atoms with Gasteiger partial charge in [-0.2, -0.15) is 5.26 Å². The molecule has 0 bridgehead atoms. The fourth-order valence-corrected chi connectivity index (χ4v) is 1.44. The molecule has 2 aliphatic rings. The third-order valence-electron chi connectivity index (χ3n) is 2.20. The standard InChI is InChI=1S/C11H9N3/c1-8-2-4-9-6-11(13)14(7-12)10(9)5-3-8/h2-6,13H,1H3. The molecule has 0 spiro atoms. The highest BCUT2D eigenvalue weighted by Crippen LogP contribution is 2.18. The van der Waals surface area contributed by atoms with E-state index in [2.05, 4.69) is 0 Å². The maximum Gasteiger partial charge on any atom is 0.190 e. The second-order valence-corrected chi connectivity index (χ2v) is 3.22. The molecule has 1 aliphatic heterocycles. The van der Waals surface area contributed by atoms with E-state index in [1.165, 1.54) is 4.57 Å². The van der Waals surface area contributed by atoms with E-state index in [4.69, 9.17) is 10.7 Å². The molecular weight excluding hydrogens is 174 g/mol. The van der Waals surface area contributed by atoms with Gasteiger partial charge in [0, 0.05) is 5.56 Å². The lowest BCUT2D eigenvalue weighted by atomic mass is 10.2. The fourth-order valence-electron chi connectivity index (χ4n) is 1.44. The number of nitriles is 1. The summed E-state index contributed by atoms with van der Waals surface area (Å²) in [5.74, 6) is 0. The van der Waals surface area contributed by atoms with Crippen molar-refractivity contribution in [1.29, 1.82) is 10.7 Å². The van der Waals surface area contributed by atoms with E-state index < -0.39 is 0 Å². The zero-order chi connectivity index (χ0) is 10.1. The highest BCUT2D eigenvalue weighted by Gasteiger charge is 2.07. The average molecular weight is 183 g/mol. The molecular formula is C11H9N3. The van der Waals surface area contributed by atoms with Crippen molar-refractivity contribution >= 4 is 0 Å². The van der Waals surface area contributed by atoms with Crippen LogP contribution in [0.5, 0.6) is 0 Å². The Hall–Kier alpha value is -2.08. The van der Waals surface area contributed by atoms with Crippen LogP contribution in [0, 0.1) is 23.8 Å². The van der Waals surface area contributed by atoms with Crippen LogP contribution in [0.2, 0.25) is 0 Å². The fraction of sp³-hybridized carbons (Fsp3) is 0.0909. The van der Waals surface area contributed by atoms with Gasteiger partial charge in [0.2, 0.25) is 0 Å². The Morgan fingerprint density at radius 3 is 2.71 bits per heavy atom. The Kier molecular flexibility index (Phi) is 1.83. The number of nitrogens with one attached hydrogen (secondary N) is 1. The second-order valence-electron chi connectivity index (χ2n) is 3.22. The number of hydrogen-bond acceptors (Lipinski definition) is 2. The predicted molar refractivity (Wildman–Crippen MR) is 52.7 cm³/mol. The first kappa shape index (κ1) is 8.52. The molecule has 0 amide bonds. The molecule has 0 fully saturated rings. The first-order valence-electron chi connectivity index (χ1n) is 4.29. The first-order chi connectivity index (χ1) is 6.72. The van der Waals surface area contributed by atoms with Crippen LogP contribution in [0.15, 0.2) is 30.3 Å². The summed E-state index contributed by atoms with van der Waals surface area (Å²) >= 11 is 0. The van der Waals surface area contributed by atoms with E-state index >= 15 is 0 Å².